The summed E-state index contributed by atoms with van der Waals surface area (Å²) in [4.78, 5) is 11.0. The van der Waals surface area contributed by atoms with E-state index in [0.717, 1.165) is 44.8 Å². The van der Waals surface area contributed by atoms with E-state index >= 15 is 0 Å². The first-order valence-electron chi connectivity index (χ1n) is 10.3. The molecule has 2 aliphatic rings. The molecule has 27 heavy (non-hydrogen) atoms. The van der Waals surface area contributed by atoms with Gasteiger partial charge >= 0.3 is 0 Å². The average Bonchev–Trinajstić information content (AvgIpc) is 3.15. The van der Waals surface area contributed by atoms with E-state index in [1.165, 1.54) is 43.6 Å². The fourth-order valence-corrected chi connectivity index (χ4v) is 4.66. The zero-order valence-corrected chi connectivity index (χ0v) is 17.6. The molecule has 2 fully saturated rings. The summed E-state index contributed by atoms with van der Waals surface area (Å²) < 4.78 is 5.25. The Morgan fingerprint density at radius 1 is 1.33 bits per heavy atom. The molecule has 1 unspecified atom stereocenters. The summed E-state index contributed by atoms with van der Waals surface area (Å²) in [6, 6.07) is 5.61. The second-order valence-electron chi connectivity index (χ2n) is 7.41. The minimum atomic E-state index is 0.440. The van der Waals surface area contributed by atoms with Gasteiger partial charge in [-0.1, -0.05) is 6.07 Å². The van der Waals surface area contributed by atoms with Crippen LogP contribution in [0.4, 0.5) is 0 Å². The lowest BCUT2D eigenvalue weighted by atomic mass is 10.2. The number of ether oxygens (including phenoxy) is 1. The second kappa shape index (κ2) is 11.0. The van der Waals surface area contributed by atoms with Crippen LogP contribution in [0.25, 0.3) is 0 Å². The van der Waals surface area contributed by atoms with Crippen LogP contribution in [-0.2, 0) is 4.74 Å². The van der Waals surface area contributed by atoms with Crippen LogP contribution in [0.5, 0.6) is 0 Å². The van der Waals surface area contributed by atoms with Crippen molar-refractivity contribution in [2.24, 2.45) is 4.99 Å². The number of methoxy groups -OCH3 is 1. The smallest absolute Gasteiger partial charge is 0.191 e. The molecule has 6 nitrogen and oxygen atoms in total. The van der Waals surface area contributed by atoms with E-state index in [0.29, 0.717) is 6.04 Å². The standard InChI is InChI=1S/C20H35N5OS/c1-21-20(22-9-12-24(13-14-26-2)17-7-8-17)23-16-18(19-6-5-15-27-19)25-10-3-4-11-25/h5-6,15,17-18H,3-4,7-14,16H2,1-2H3,(H2,21,22,23). The normalized spacial score (nSPS) is 19.6. The first-order chi connectivity index (χ1) is 13.3. The number of thiophene rings is 1. The van der Waals surface area contributed by atoms with Crippen molar-refractivity contribution in [3.05, 3.63) is 22.4 Å². The summed E-state index contributed by atoms with van der Waals surface area (Å²) >= 11 is 1.86. The molecule has 0 bridgehead atoms. The summed E-state index contributed by atoms with van der Waals surface area (Å²) in [5.41, 5.74) is 0. The average molecular weight is 394 g/mol. The number of hydrogen-bond donors (Lipinski definition) is 2. The topological polar surface area (TPSA) is 52.1 Å². The summed E-state index contributed by atoms with van der Waals surface area (Å²) in [6.45, 7) is 7.07. The molecular weight excluding hydrogens is 358 g/mol. The van der Waals surface area contributed by atoms with Gasteiger partial charge in [-0.05, 0) is 50.2 Å². The Kier molecular flexibility index (Phi) is 8.38. The van der Waals surface area contributed by atoms with Gasteiger partial charge in [-0.25, -0.2) is 0 Å². The second-order valence-corrected chi connectivity index (χ2v) is 8.39. The molecule has 1 aromatic rings. The van der Waals surface area contributed by atoms with Gasteiger partial charge in [0, 0.05) is 51.3 Å². The first-order valence-corrected chi connectivity index (χ1v) is 11.1. The number of nitrogens with one attached hydrogen (secondary N) is 2. The van der Waals surface area contributed by atoms with Gasteiger partial charge in [-0.3, -0.25) is 14.8 Å². The molecule has 3 rings (SSSR count). The van der Waals surface area contributed by atoms with Gasteiger partial charge in [0.25, 0.3) is 0 Å². The molecule has 0 aromatic carbocycles. The molecule has 1 aromatic heterocycles. The van der Waals surface area contributed by atoms with E-state index in [1.54, 1.807) is 7.11 Å². The van der Waals surface area contributed by atoms with Crippen molar-refractivity contribution in [1.82, 2.24) is 20.4 Å². The Hall–Kier alpha value is -1.15. The number of guanidine groups is 1. The maximum absolute atomic E-state index is 5.25. The van der Waals surface area contributed by atoms with E-state index in [2.05, 4.69) is 42.9 Å². The highest BCUT2D eigenvalue weighted by atomic mass is 32.1. The number of likely N-dealkylation sites (tertiary alicyclic amines) is 1. The fourth-order valence-electron chi connectivity index (χ4n) is 3.80. The zero-order chi connectivity index (χ0) is 18.9. The molecule has 0 amide bonds. The van der Waals surface area contributed by atoms with Crippen LogP contribution in [0.3, 0.4) is 0 Å². The molecule has 2 N–H and O–H groups in total. The third-order valence-electron chi connectivity index (χ3n) is 5.48. The zero-order valence-electron chi connectivity index (χ0n) is 16.8. The van der Waals surface area contributed by atoms with Gasteiger partial charge in [0.15, 0.2) is 5.96 Å². The maximum atomic E-state index is 5.25. The number of hydrogen-bond acceptors (Lipinski definition) is 5. The van der Waals surface area contributed by atoms with Crippen LogP contribution < -0.4 is 10.6 Å². The molecule has 2 heterocycles. The Labute approximate surface area is 168 Å². The quantitative estimate of drug-likeness (QED) is 0.446. The van der Waals surface area contributed by atoms with Crippen LogP contribution in [0.15, 0.2) is 22.5 Å². The van der Waals surface area contributed by atoms with Crippen molar-refractivity contribution < 1.29 is 4.74 Å². The van der Waals surface area contributed by atoms with Gasteiger partial charge in [-0.2, -0.15) is 0 Å². The van der Waals surface area contributed by atoms with Crippen molar-refractivity contribution in [2.75, 3.05) is 60.0 Å². The maximum Gasteiger partial charge on any atom is 0.191 e. The van der Waals surface area contributed by atoms with Crippen molar-refractivity contribution >= 4 is 17.3 Å². The molecule has 1 aliphatic carbocycles. The van der Waals surface area contributed by atoms with Gasteiger partial charge in [0.05, 0.1) is 12.6 Å². The highest BCUT2D eigenvalue weighted by Crippen LogP contribution is 2.28. The van der Waals surface area contributed by atoms with Crippen LogP contribution >= 0.6 is 11.3 Å². The van der Waals surface area contributed by atoms with E-state index in [1.807, 2.05) is 18.4 Å². The Morgan fingerprint density at radius 2 is 2.15 bits per heavy atom. The van der Waals surface area contributed by atoms with Crippen molar-refractivity contribution in [3.63, 3.8) is 0 Å². The summed E-state index contributed by atoms with van der Waals surface area (Å²) in [5, 5.41) is 9.23. The molecule has 1 saturated heterocycles. The van der Waals surface area contributed by atoms with Gasteiger partial charge < -0.3 is 15.4 Å². The minimum absolute atomic E-state index is 0.440. The first kappa shape index (κ1) is 20.6. The van der Waals surface area contributed by atoms with Crippen molar-refractivity contribution in [2.45, 2.75) is 37.8 Å². The molecule has 1 saturated carbocycles. The number of rotatable bonds is 11. The molecule has 1 atom stereocenters. The Bertz CT molecular complexity index is 555. The highest BCUT2D eigenvalue weighted by molar-refractivity contribution is 7.10. The lowest BCUT2D eigenvalue weighted by Crippen LogP contribution is -2.45. The largest absolute Gasteiger partial charge is 0.383 e. The molecule has 7 heteroatoms. The predicted octanol–water partition coefficient (Wildman–Crippen LogP) is 2.16. The van der Waals surface area contributed by atoms with Gasteiger partial charge in [0.2, 0.25) is 0 Å². The van der Waals surface area contributed by atoms with Gasteiger partial charge in [0.1, 0.15) is 0 Å². The van der Waals surface area contributed by atoms with Crippen LogP contribution in [0.1, 0.15) is 36.6 Å². The van der Waals surface area contributed by atoms with E-state index in [9.17, 15) is 0 Å². The molecule has 0 radical (unpaired) electrons. The number of nitrogens with zero attached hydrogens (tertiary/aromatic N) is 3. The minimum Gasteiger partial charge on any atom is -0.383 e. The molecule has 152 valence electrons. The van der Waals surface area contributed by atoms with Crippen LogP contribution in [0.2, 0.25) is 0 Å². The SMILES string of the molecule is CN=C(NCCN(CCOC)C1CC1)NCC(c1cccs1)N1CCCC1. The van der Waals surface area contributed by atoms with E-state index in [4.69, 9.17) is 4.74 Å². The lowest BCUT2D eigenvalue weighted by Gasteiger charge is -2.28. The van der Waals surface area contributed by atoms with Crippen molar-refractivity contribution in [1.29, 1.82) is 0 Å². The van der Waals surface area contributed by atoms with E-state index < -0.39 is 0 Å². The lowest BCUT2D eigenvalue weighted by molar-refractivity contribution is 0.144. The highest BCUT2D eigenvalue weighted by Gasteiger charge is 2.28. The van der Waals surface area contributed by atoms with Gasteiger partial charge in [-0.15, -0.1) is 11.3 Å². The predicted molar refractivity (Wildman–Crippen MR) is 114 cm³/mol. The summed E-state index contributed by atoms with van der Waals surface area (Å²) in [7, 11) is 3.63. The summed E-state index contributed by atoms with van der Waals surface area (Å²) in [6.07, 6.45) is 5.28. The molecule has 0 spiro atoms. The van der Waals surface area contributed by atoms with Crippen LogP contribution in [-0.4, -0.2) is 81.8 Å². The number of aliphatic imine (C=N–C) groups is 1. The third kappa shape index (κ3) is 6.45. The fraction of sp³-hybridized carbons (Fsp3) is 0.750. The Morgan fingerprint density at radius 3 is 2.78 bits per heavy atom. The van der Waals surface area contributed by atoms with E-state index in [-0.39, 0.29) is 0 Å². The van der Waals surface area contributed by atoms with Crippen LogP contribution in [0, 0.1) is 0 Å². The Balaban J connectivity index is 1.44. The summed E-state index contributed by atoms with van der Waals surface area (Å²) in [5.74, 6) is 0.901. The van der Waals surface area contributed by atoms with Crippen molar-refractivity contribution in [3.8, 4) is 0 Å². The molecule has 1 aliphatic heterocycles. The third-order valence-corrected chi connectivity index (χ3v) is 6.45. The molecular formula is C20H35N5OS. The monoisotopic (exact) mass is 393 g/mol.